The zero-order chi connectivity index (χ0) is 24.3. The minimum atomic E-state index is -4.67. The van der Waals surface area contributed by atoms with Crippen LogP contribution in [0.2, 0.25) is 0 Å². The summed E-state index contributed by atoms with van der Waals surface area (Å²) in [5, 5.41) is 11.4. The van der Waals surface area contributed by atoms with Crippen molar-refractivity contribution in [3.63, 3.8) is 0 Å². The molecule has 0 N–H and O–H groups in total. The maximum absolute atomic E-state index is 12.9. The first-order valence-electron chi connectivity index (χ1n) is 9.62. The number of nitro benzene ring substituents is 1. The van der Waals surface area contributed by atoms with E-state index < -0.39 is 22.4 Å². The molecule has 7 nitrogen and oxygen atoms in total. The number of rotatable bonds is 5. The largest absolute Gasteiger partial charge is 0.495 e. The molecule has 33 heavy (non-hydrogen) atoms. The summed E-state index contributed by atoms with van der Waals surface area (Å²) >= 11 is 6.79. The second-order valence-corrected chi connectivity index (χ2v) is 8.88. The van der Waals surface area contributed by atoms with Gasteiger partial charge in [0.25, 0.3) is 5.69 Å². The number of hydrogen-bond donors (Lipinski definition) is 0. The number of carbonyl (C=O) groups is 1. The zero-order valence-electron chi connectivity index (χ0n) is 17.2. The number of nitrogens with zero attached hydrogens (tertiary/aromatic N) is 3. The summed E-state index contributed by atoms with van der Waals surface area (Å²) in [6, 6.07) is 6.09. The number of nitro groups is 1. The van der Waals surface area contributed by atoms with E-state index in [0.29, 0.717) is 17.4 Å². The molecule has 0 atom stereocenters. The fourth-order valence-corrected chi connectivity index (χ4v) is 4.89. The van der Waals surface area contributed by atoms with Crippen molar-refractivity contribution in [1.29, 1.82) is 0 Å². The Balaban J connectivity index is 1.71. The predicted octanol–water partition coefficient (Wildman–Crippen LogP) is 5.51. The number of amides is 1. The van der Waals surface area contributed by atoms with Crippen molar-refractivity contribution in [2.75, 3.05) is 38.2 Å². The van der Waals surface area contributed by atoms with Crippen LogP contribution in [0, 0.1) is 10.1 Å². The molecule has 1 aliphatic heterocycles. The molecule has 3 rings (SSSR count). The highest BCUT2D eigenvalue weighted by Crippen LogP contribution is 2.37. The molecule has 2 aromatic carbocycles. The smallest absolute Gasteiger partial charge is 0.416 e. The van der Waals surface area contributed by atoms with Gasteiger partial charge in [-0.15, -0.1) is 0 Å². The van der Waals surface area contributed by atoms with E-state index in [-0.39, 0.29) is 37.8 Å². The maximum Gasteiger partial charge on any atom is 0.416 e. The molecule has 2 aromatic rings. The Bertz CT molecular complexity index is 1100. The van der Waals surface area contributed by atoms with Crippen molar-refractivity contribution in [3.05, 3.63) is 66.6 Å². The standard InChI is InChI=1S/C21H18Br2F3N3O4/c1-33-20-13(10-15(22)12-16(20)23)2-5-19(30)28-8-6-27(7-9-28)17-4-3-14(21(24,25)26)11-18(17)29(31)32/h2-5,10-12H,6-9H2,1H3. The third-order valence-electron chi connectivity index (χ3n) is 5.08. The van der Waals surface area contributed by atoms with E-state index in [2.05, 4.69) is 31.9 Å². The van der Waals surface area contributed by atoms with Crippen LogP contribution < -0.4 is 9.64 Å². The fourth-order valence-electron chi connectivity index (χ4n) is 3.47. The van der Waals surface area contributed by atoms with Gasteiger partial charge in [0.15, 0.2) is 0 Å². The Labute approximate surface area is 204 Å². The predicted molar refractivity (Wildman–Crippen MR) is 124 cm³/mol. The molecule has 0 aliphatic carbocycles. The lowest BCUT2D eigenvalue weighted by Crippen LogP contribution is -2.48. The lowest BCUT2D eigenvalue weighted by Gasteiger charge is -2.35. The van der Waals surface area contributed by atoms with Gasteiger partial charge in [0.1, 0.15) is 11.4 Å². The van der Waals surface area contributed by atoms with Crippen LogP contribution >= 0.6 is 31.9 Å². The molecular formula is C21H18Br2F3N3O4. The second kappa shape index (κ2) is 10.1. The molecule has 12 heteroatoms. The summed E-state index contributed by atoms with van der Waals surface area (Å²) in [4.78, 5) is 26.4. The Morgan fingerprint density at radius 2 is 1.82 bits per heavy atom. The number of piperazine rings is 1. The van der Waals surface area contributed by atoms with E-state index in [1.54, 1.807) is 21.9 Å². The topological polar surface area (TPSA) is 75.9 Å². The van der Waals surface area contributed by atoms with Crippen molar-refractivity contribution >= 4 is 55.2 Å². The summed E-state index contributed by atoms with van der Waals surface area (Å²) < 4.78 is 45.7. The molecule has 1 heterocycles. The number of hydrogen-bond acceptors (Lipinski definition) is 5. The zero-order valence-corrected chi connectivity index (χ0v) is 20.4. The van der Waals surface area contributed by atoms with Gasteiger partial charge in [-0.3, -0.25) is 14.9 Å². The van der Waals surface area contributed by atoms with Gasteiger partial charge in [-0.1, -0.05) is 15.9 Å². The minimum Gasteiger partial charge on any atom is -0.495 e. The number of methoxy groups -OCH3 is 1. The van der Waals surface area contributed by atoms with Crippen LogP contribution in [0.1, 0.15) is 11.1 Å². The van der Waals surface area contributed by atoms with Crippen molar-refractivity contribution in [1.82, 2.24) is 4.90 Å². The van der Waals surface area contributed by atoms with Gasteiger partial charge >= 0.3 is 6.18 Å². The van der Waals surface area contributed by atoms with E-state index in [9.17, 15) is 28.1 Å². The van der Waals surface area contributed by atoms with Crippen LogP contribution in [-0.4, -0.2) is 49.0 Å². The summed E-state index contributed by atoms with van der Waals surface area (Å²) in [5.41, 5.74) is -0.909. The first-order chi connectivity index (χ1) is 15.5. The fraction of sp³-hybridized carbons (Fsp3) is 0.286. The maximum atomic E-state index is 12.9. The number of anilines is 1. The van der Waals surface area contributed by atoms with Gasteiger partial charge in [-0.25, -0.2) is 0 Å². The van der Waals surface area contributed by atoms with Crippen LogP contribution in [-0.2, 0) is 11.0 Å². The third kappa shape index (κ3) is 5.85. The third-order valence-corrected chi connectivity index (χ3v) is 6.13. The SMILES string of the molecule is COc1c(Br)cc(Br)cc1C=CC(=O)N1CCN(c2ccc(C(F)(F)F)cc2[N+](=O)[O-])CC1. The van der Waals surface area contributed by atoms with Gasteiger partial charge in [0.2, 0.25) is 5.91 Å². The first kappa shape index (κ1) is 25.0. The quantitative estimate of drug-likeness (QED) is 0.260. The highest BCUT2D eigenvalue weighted by Gasteiger charge is 2.34. The minimum absolute atomic E-state index is 0.0966. The number of ether oxygens (including phenoxy) is 1. The second-order valence-electron chi connectivity index (χ2n) is 7.11. The molecule has 0 saturated carbocycles. The van der Waals surface area contributed by atoms with Crippen LogP contribution in [0.25, 0.3) is 6.08 Å². The van der Waals surface area contributed by atoms with Crippen LogP contribution in [0.3, 0.4) is 0 Å². The van der Waals surface area contributed by atoms with Gasteiger partial charge < -0.3 is 14.5 Å². The van der Waals surface area contributed by atoms with Crippen LogP contribution in [0.15, 0.2) is 45.4 Å². The molecule has 0 unspecified atom stereocenters. The molecule has 1 fully saturated rings. The molecule has 0 radical (unpaired) electrons. The lowest BCUT2D eigenvalue weighted by atomic mass is 10.1. The average Bonchev–Trinajstić information content (AvgIpc) is 2.76. The normalized spacial score (nSPS) is 14.6. The van der Waals surface area contributed by atoms with E-state index >= 15 is 0 Å². The van der Waals surface area contributed by atoms with Crippen molar-refractivity contribution in [3.8, 4) is 5.75 Å². The highest BCUT2D eigenvalue weighted by molar-refractivity contribution is 9.11. The molecule has 1 amide bonds. The monoisotopic (exact) mass is 591 g/mol. The molecular weight excluding hydrogens is 575 g/mol. The summed E-state index contributed by atoms with van der Waals surface area (Å²) in [5.74, 6) is 0.316. The van der Waals surface area contributed by atoms with Crippen molar-refractivity contribution in [2.45, 2.75) is 6.18 Å². The number of halogens is 5. The Morgan fingerprint density at radius 1 is 1.15 bits per heavy atom. The Hall–Kier alpha value is -2.60. The van der Waals surface area contributed by atoms with Gasteiger partial charge in [0, 0.05) is 48.4 Å². The molecule has 1 saturated heterocycles. The molecule has 0 bridgehead atoms. The van der Waals surface area contributed by atoms with E-state index in [1.807, 2.05) is 6.07 Å². The van der Waals surface area contributed by atoms with Gasteiger partial charge in [0.05, 0.1) is 22.1 Å². The summed E-state index contributed by atoms with van der Waals surface area (Å²) in [7, 11) is 1.52. The lowest BCUT2D eigenvalue weighted by molar-refractivity contribution is -0.384. The average molecular weight is 593 g/mol. The first-order valence-corrected chi connectivity index (χ1v) is 11.2. The van der Waals surface area contributed by atoms with E-state index in [4.69, 9.17) is 4.74 Å². The Morgan fingerprint density at radius 3 is 2.39 bits per heavy atom. The van der Waals surface area contributed by atoms with Crippen molar-refractivity contribution < 1.29 is 27.6 Å². The number of benzene rings is 2. The van der Waals surface area contributed by atoms with Crippen LogP contribution in [0.5, 0.6) is 5.75 Å². The van der Waals surface area contributed by atoms with E-state index in [0.717, 1.165) is 21.1 Å². The van der Waals surface area contributed by atoms with Gasteiger partial charge in [-0.05, 0) is 46.3 Å². The summed E-state index contributed by atoms with van der Waals surface area (Å²) in [6.07, 6.45) is -1.63. The molecule has 176 valence electrons. The van der Waals surface area contributed by atoms with E-state index in [1.165, 1.54) is 13.2 Å². The molecule has 1 aliphatic rings. The highest BCUT2D eigenvalue weighted by atomic mass is 79.9. The Kier molecular flexibility index (Phi) is 7.68. The number of carbonyl (C=O) groups excluding carboxylic acids is 1. The van der Waals surface area contributed by atoms with Gasteiger partial charge in [-0.2, -0.15) is 13.2 Å². The molecule has 0 aromatic heterocycles. The van der Waals surface area contributed by atoms with Crippen LogP contribution in [0.4, 0.5) is 24.5 Å². The number of alkyl halides is 3. The molecule has 0 spiro atoms. The summed E-state index contributed by atoms with van der Waals surface area (Å²) in [6.45, 7) is 1.02. The van der Waals surface area contributed by atoms with Crippen molar-refractivity contribution in [2.24, 2.45) is 0 Å².